The Labute approximate surface area is 183 Å². The monoisotopic (exact) mass is 420 g/mol. The zero-order valence-electron chi connectivity index (χ0n) is 20.1. The van der Waals surface area contributed by atoms with Gasteiger partial charge in [0.25, 0.3) is 0 Å². The smallest absolute Gasteiger partial charge is 0.173 e. The molecule has 4 heteroatoms. The Bertz CT molecular complexity index is 666. The normalized spacial score (nSPS) is 54.3. The van der Waals surface area contributed by atoms with Gasteiger partial charge in [-0.25, -0.2) is 0 Å². The third-order valence-corrected chi connectivity index (χ3v) is 10.7. The van der Waals surface area contributed by atoms with Crippen molar-refractivity contribution in [3.05, 3.63) is 0 Å². The molecular weight excluding hydrogens is 376 g/mol. The average molecular weight is 421 g/mol. The topological polar surface area (TPSA) is 47.9 Å². The van der Waals surface area contributed by atoms with Gasteiger partial charge < -0.3 is 19.3 Å². The molecule has 1 heterocycles. The summed E-state index contributed by atoms with van der Waals surface area (Å²) in [5, 5.41) is 10.6. The number of aliphatic hydroxyl groups excluding tert-OH is 1. The zero-order chi connectivity index (χ0) is 21.5. The highest BCUT2D eigenvalue weighted by Gasteiger charge is 2.70. The lowest BCUT2D eigenvalue weighted by Crippen LogP contribution is -2.64. The average Bonchev–Trinajstić information content (AvgIpc) is 2.97. The minimum Gasteiger partial charge on any atom is -0.393 e. The Morgan fingerprint density at radius 2 is 1.67 bits per heavy atom. The molecule has 4 nitrogen and oxygen atoms in total. The summed E-state index contributed by atoms with van der Waals surface area (Å²) < 4.78 is 19.6. The summed E-state index contributed by atoms with van der Waals surface area (Å²) in [6.45, 7) is 13.3. The molecule has 172 valence electrons. The van der Waals surface area contributed by atoms with Gasteiger partial charge in [0.1, 0.15) is 0 Å². The first-order valence-electron chi connectivity index (χ1n) is 12.5. The van der Waals surface area contributed by atoms with Gasteiger partial charge in [-0.2, -0.15) is 0 Å². The Morgan fingerprint density at radius 1 is 0.967 bits per heavy atom. The second kappa shape index (κ2) is 6.92. The van der Waals surface area contributed by atoms with Crippen molar-refractivity contribution in [3.63, 3.8) is 0 Å². The van der Waals surface area contributed by atoms with E-state index < -0.39 is 5.79 Å². The lowest BCUT2D eigenvalue weighted by atomic mass is 9.43. The van der Waals surface area contributed by atoms with Crippen molar-refractivity contribution in [1.29, 1.82) is 0 Å². The second-order valence-corrected chi connectivity index (χ2v) is 13.0. The van der Waals surface area contributed by atoms with Crippen LogP contribution in [0.3, 0.4) is 0 Å². The quantitative estimate of drug-likeness (QED) is 0.646. The van der Waals surface area contributed by atoms with E-state index in [1.165, 1.54) is 19.3 Å². The second-order valence-electron chi connectivity index (χ2n) is 13.0. The first-order chi connectivity index (χ1) is 14.1. The van der Waals surface area contributed by atoms with E-state index in [0.29, 0.717) is 29.6 Å². The van der Waals surface area contributed by atoms with Crippen molar-refractivity contribution in [1.82, 2.24) is 0 Å². The predicted molar refractivity (Wildman–Crippen MR) is 117 cm³/mol. The maximum atomic E-state index is 10.6. The summed E-state index contributed by atoms with van der Waals surface area (Å²) in [5.74, 6) is 2.50. The van der Waals surface area contributed by atoms with Crippen molar-refractivity contribution in [3.8, 4) is 0 Å². The van der Waals surface area contributed by atoms with Gasteiger partial charge in [0.15, 0.2) is 5.79 Å². The van der Waals surface area contributed by atoms with E-state index in [9.17, 15) is 5.11 Å². The first kappa shape index (κ1) is 21.7. The number of hydrogen-bond donors (Lipinski definition) is 1. The van der Waals surface area contributed by atoms with E-state index in [4.69, 9.17) is 14.2 Å². The van der Waals surface area contributed by atoms with Crippen molar-refractivity contribution in [2.45, 2.75) is 97.6 Å². The number of ether oxygens (including phenoxy) is 3. The van der Waals surface area contributed by atoms with Gasteiger partial charge in [-0.05, 0) is 73.5 Å². The molecule has 1 N–H and O–H groups in total. The van der Waals surface area contributed by atoms with Crippen LogP contribution in [0, 0.1) is 45.8 Å². The minimum atomic E-state index is -0.428. The summed E-state index contributed by atoms with van der Waals surface area (Å²) in [6, 6.07) is 0. The maximum absolute atomic E-state index is 10.6. The van der Waals surface area contributed by atoms with E-state index in [0.717, 1.165) is 38.9 Å². The van der Waals surface area contributed by atoms with Crippen LogP contribution >= 0.6 is 0 Å². The highest BCUT2D eigenvalue weighted by atomic mass is 16.7. The maximum Gasteiger partial charge on any atom is 0.173 e. The van der Waals surface area contributed by atoms with E-state index >= 15 is 0 Å². The molecule has 0 radical (unpaired) electrons. The predicted octanol–water partition coefficient (Wildman–Crippen LogP) is 5.03. The molecule has 0 unspecified atom stereocenters. The Balaban J connectivity index is 1.48. The molecule has 5 rings (SSSR count). The van der Waals surface area contributed by atoms with Gasteiger partial charge in [0, 0.05) is 24.4 Å². The van der Waals surface area contributed by atoms with Crippen molar-refractivity contribution in [2.24, 2.45) is 45.8 Å². The molecule has 4 saturated carbocycles. The molecule has 0 amide bonds. The molecule has 0 aromatic heterocycles. The standard InChI is InChI=1S/C26H44O4/c1-16-12-24(4)17(11-20(16)27)7-8-18-19-9-10-26(29-14-23(2,3)15-30-26)25(19,5)13-21(28-6)22(18)24/h16-22,27H,7-15H2,1-6H3/t16-,17+,18+,19+,20+,21+,22-,24+,25+/m1/s1. The first-order valence-corrected chi connectivity index (χ1v) is 12.5. The molecule has 1 saturated heterocycles. The third kappa shape index (κ3) is 2.85. The molecule has 0 aromatic carbocycles. The summed E-state index contributed by atoms with van der Waals surface area (Å²) in [7, 11) is 1.92. The fraction of sp³-hybridized carbons (Fsp3) is 1.00. The molecule has 9 atom stereocenters. The largest absolute Gasteiger partial charge is 0.393 e. The summed E-state index contributed by atoms with van der Waals surface area (Å²) in [4.78, 5) is 0. The highest BCUT2D eigenvalue weighted by molar-refractivity contribution is 5.15. The van der Waals surface area contributed by atoms with Crippen LogP contribution in [0.2, 0.25) is 0 Å². The third-order valence-electron chi connectivity index (χ3n) is 10.7. The summed E-state index contributed by atoms with van der Waals surface area (Å²) in [6.07, 6.45) is 8.04. The lowest BCUT2D eigenvalue weighted by molar-refractivity contribution is -0.354. The van der Waals surface area contributed by atoms with Gasteiger partial charge in [-0.3, -0.25) is 0 Å². The fourth-order valence-electron chi connectivity index (χ4n) is 9.04. The van der Waals surface area contributed by atoms with Gasteiger partial charge in [0.2, 0.25) is 0 Å². The van der Waals surface area contributed by atoms with E-state index in [2.05, 4.69) is 34.6 Å². The fourth-order valence-corrected chi connectivity index (χ4v) is 9.04. The van der Waals surface area contributed by atoms with Crippen LogP contribution in [-0.4, -0.2) is 43.4 Å². The zero-order valence-corrected chi connectivity index (χ0v) is 20.1. The van der Waals surface area contributed by atoms with Crippen molar-refractivity contribution < 1.29 is 19.3 Å². The van der Waals surface area contributed by atoms with Crippen LogP contribution in [0.25, 0.3) is 0 Å². The van der Waals surface area contributed by atoms with Crippen LogP contribution in [0.1, 0.15) is 79.6 Å². The van der Waals surface area contributed by atoms with Crippen LogP contribution in [0.15, 0.2) is 0 Å². The molecule has 1 aliphatic heterocycles. The number of hydrogen-bond acceptors (Lipinski definition) is 4. The van der Waals surface area contributed by atoms with Gasteiger partial charge in [0.05, 0.1) is 25.4 Å². The summed E-state index contributed by atoms with van der Waals surface area (Å²) >= 11 is 0. The van der Waals surface area contributed by atoms with Gasteiger partial charge >= 0.3 is 0 Å². The van der Waals surface area contributed by atoms with Gasteiger partial charge in [-0.1, -0.05) is 34.6 Å². The number of methoxy groups -OCH3 is 1. The Hall–Kier alpha value is -0.160. The molecule has 1 spiro atoms. The minimum absolute atomic E-state index is 0.0222. The van der Waals surface area contributed by atoms with Crippen molar-refractivity contribution >= 4 is 0 Å². The molecule has 0 bridgehead atoms. The number of fused-ring (bicyclic) bond motifs is 6. The molecular formula is C26H44O4. The molecule has 4 aliphatic carbocycles. The summed E-state index contributed by atoms with van der Waals surface area (Å²) in [5.41, 5.74) is 0.395. The Morgan fingerprint density at radius 3 is 2.33 bits per heavy atom. The van der Waals surface area contributed by atoms with Crippen LogP contribution in [0.5, 0.6) is 0 Å². The molecule has 30 heavy (non-hydrogen) atoms. The van der Waals surface area contributed by atoms with Crippen LogP contribution < -0.4 is 0 Å². The van der Waals surface area contributed by atoms with E-state index in [-0.39, 0.29) is 28.5 Å². The lowest BCUT2D eigenvalue weighted by Gasteiger charge is -2.64. The molecule has 5 fully saturated rings. The van der Waals surface area contributed by atoms with Crippen molar-refractivity contribution in [2.75, 3.05) is 20.3 Å². The molecule has 5 aliphatic rings. The van der Waals surface area contributed by atoms with E-state index in [1.807, 2.05) is 7.11 Å². The molecule has 0 aromatic rings. The number of aliphatic hydroxyl groups is 1. The van der Waals surface area contributed by atoms with E-state index in [1.54, 1.807) is 0 Å². The number of rotatable bonds is 1. The Kier molecular flexibility index (Phi) is 5.00. The van der Waals surface area contributed by atoms with Gasteiger partial charge in [-0.15, -0.1) is 0 Å². The highest BCUT2D eigenvalue weighted by Crippen LogP contribution is 2.70. The SMILES string of the molecule is CO[C@H]1C[C@@]2(C)[C@@H](CCC23OCC(C)(C)CO3)[C@@H]2CC[C@H]3C[C@H](O)[C@H](C)C[C@]3(C)[C@H]21. The van der Waals surface area contributed by atoms with Crippen LogP contribution in [0.4, 0.5) is 0 Å². The van der Waals surface area contributed by atoms with Crippen LogP contribution in [-0.2, 0) is 14.2 Å².